The zero-order chi connectivity index (χ0) is 10.1. The Morgan fingerprint density at radius 1 is 1.36 bits per heavy atom. The standard InChI is InChI=1S/C9H9ClN4/c1-14-3-2-7(13-14)8-4-6(11)5-9(10)12-8/h2-5H,1H3,(H2,11,12). The van der Waals surface area contributed by atoms with Crippen molar-refractivity contribution in [1.82, 2.24) is 14.8 Å². The van der Waals surface area contributed by atoms with Gasteiger partial charge in [0.1, 0.15) is 10.8 Å². The van der Waals surface area contributed by atoms with E-state index in [4.69, 9.17) is 17.3 Å². The maximum absolute atomic E-state index is 5.78. The Balaban J connectivity index is 2.51. The van der Waals surface area contributed by atoms with Crippen LogP contribution in [0, 0.1) is 0 Å². The number of nitrogens with zero attached hydrogens (tertiary/aromatic N) is 3. The number of pyridine rings is 1. The largest absolute Gasteiger partial charge is 0.399 e. The summed E-state index contributed by atoms with van der Waals surface area (Å²) in [6, 6.07) is 5.21. The Morgan fingerprint density at radius 3 is 2.71 bits per heavy atom. The fourth-order valence-corrected chi connectivity index (χ4v) is 1.42. The van der Waals surface area contributed by atoms with Crippen LogP contribution in [0.4, 0.5) is 5.69 Å². The third-order valence-electron chi connectivity index (χ3n) is 1.79. The molecule has 0 radical (unpaired) electrons. The van der Waals surface area contributed by atoms with Gasteiger partial charge in [0, 0.05) is 18.9 Å². The van der Waals surface area contributed by atoms with Crippen LogP contribution in [0.15, 0.2) is 24.4 Å². The molecule has 2 N–H and O–H groups in total. The minimum Gasteiger partial charge on any atom is -0.399 e. The Labute approximate surface area is 86.3 Å². The summed E-state index contributed by atoms with van der Waals surface area (Å²) in [5.74, 6) is 0. The molecule has 0 aliphatic heterocycles. The van der Waals surface area contributed by atoms with Gasteiger partial charge in [-0.15, -0.1) is 0 Å². The van der Waals surface area contributed by atoms with E-state index in [-0.39, 0.29) is 0 Å². The second kappa shape index (κ2) is 3.31. The van der Waals surface area contributed by atoms with E-state index >= 15 is 0 Å². The maximum Gasteiger partial charge on any atom is 0.131 e. The third-order valence-corrected chi connectivity index (χ3v) is 1.99. The molecule has 0 aliphatic rings. The highest BCUT2D eigenvalue weighted by Crippen LogP contribution is 2.20. The molecule has 5 heteroatoms. The number of halogens is 1. The summed E-state index contributed by atoms with van der Waals surface area (Å²) in [6.45, 7) is 0. The number of nitrogen functional groups attached to an aromatic ring is 1. The van der Waals surface area contributed by atoms with Crippen molar-refractivity contribution < 1.29 is 0 Å². The average Bonchev–Trinajstić information content (AvgIpc) is 2.50. The van der Waals surface area contributed by atoms with Gasteiger partial charge in [0.2, 0.25) is 0 Å². The monoisotopic (exact) mass is 208 g/mol. The number of hydrogen-bond donors (Lipinski definition) is 1. The molecule has 0 atom stereocenters. The lowest BCUT2D eigenvalue weighted by atomic mass is 10.2. The van der Waals surface area contributed by atoms with Gasteiger partial charge in [-0.05, 0) is 18.2 Å². The SMILES string of the molecule is Cn1ccc(-c2cc(N)cc(Cl)n2)n1. The fourth-order valence-electron chi connectivity index (χ4n) is 1.20. The Bertz CT molecular complexity index is 443. The van der Waals surface area contributed by atoms with Crippen LogP contribution in [0.1, 0.15) is 0 Å². The topological polar surface area (TPSA) is 56.7 Å². The third kappa shape index (κ3) is 1.70. The van der Waals surface area contributed by atoms with E-state index in [0.717, 1.165) is 5.69 Å². The zero-order valence-corrected chi connectivity index (χ0v) is 8.36. The molecule has 0 fully saturated rings. The highest BCUT2D eigenvalue weighted by atomic mass is 35.5. The minimum absolute atomic E-state index is 0.380. The number of aryl methyl sites for hydroxylation is 1. The molecule has 0 aliphatic carbocycles. The Morgan fingerprint density at radius 2 is 2.14 bits per heavy atom. The molecule has 0 aromatic carbocycles. The predicted molar refractivity (Wildman–Crippen MR) is 55.9 cm³/mol. The van der Waals surface area contributed by atoms with Crippen LogP contribution in [0.2, 0.25) is 5.15 Å². The molecule has 0 bridgehead atoms. The fraction of sp³-hybridized carbons (Fsp3) is 0.111. The van der Waals surface area contributed by atoms with Crippen molar-refractivity contribution in [1.29, 1.82) is 0 Å². The molecule has 0 saturated heterocycles. The van der Waals surface area contributed by atoms with Gasteiger partial charge in [-0.2, -0.15) is 5.10 Å². The molecule has 2 heterocycles. The van der Waals surface area contributed by atoms with Crippen LogP contribution in [0.25, 0.3) is 11.4 Å². The van der Waals surface area contributed by atoms with E-state index in [1.165, 1.54) is 0 Å². The molecule has 0 unspecified atom stereocenters. The molecular formula is C9H9ClN4. The van der Waals surface area contributed by atoms with Gasteiger partial charge < -0.3 is 5.73 Å². The molecule has 0 saturated carbocycles. The summed E-state index contributed by atoms with van der Waals surface area (Å²) >= 11 is 5.78. The smallest absolute Gasteiger partial charge is 0.131 e. The average molecular weight is 209 g/mol. The van der Waals surface area contributed by atoms with Crippen LogP contribution >= 0.6 is 11.6 Å². The quantitative estimate of drug-likeness (QED) is 0.726. The first-order valence-corrected chi connectivity index (χ1v) is 4.46. The van der Waals surface area contributed by atoms with Crippen molar-refractivity contribution in [2.45, 2.75) is 0 Å². The van der Waals surface area contributed by atoms with Crippen LogP contribution in [-0.2, 0) is 7.05 Å². The van der Waals surface area contributed by atoms with Crippen molar-refractivity contribution in [2.24, 2.45) is 7.05 Å². The van der Waals surface area contributed by atoms with Crippen molar-refractivity contribution in [3.05, 3.63) is 29.5 Å². The summed E-state index contributed by atoms with van der Waals surface area (Å²) in [7, 11) is 1.84. The van der Waals surface area contributed by atoms with Gasteiger partial charge in [0.05, 0.1) is 5.69 Å². The highest BCUT2D eigenvalue weighted by Gasteiger charge is 2.04. The van der Waals surface area contributed by atoms with E-state index in [9.17, 15) is 0 Å². The van der Waals surface area contributed by atoms with Crippen LogP contribution in [-0.4, -0.2) is 14.8 Å². The second-order valence-electron chi connectivity index (χ2n) is 2.98. The van der Waals surface area contributed by atoms with Crippen molar-refractivity contribution in [3.8, 4) is 11.4 Å². The molecule has 4 nitrogen and oxygen atoms in total. The number of anilines is 1. The number of aromatic nitrogens is 3. The molecule has 72 valence electrons. The summed E-state index contributed by atoms with van der Waals surface area (Å²) in [5, 5.41) is 4.58. The zero-order valence-electron chi connectivity index (χ0n) is 7.61. The summed E-state index contributed by atoms with van der Waals surface area (Å²) in [4.78, 5) is 4.13. The van der Waals surface area contributed by atoms with E-state index in [0.29, 0.717) is 16.5 Å². The normalized spacial score (nSPS) is 10.4. The molecule has 0 amide bonds. The van der Waals surface area contributed by atoms with Gasteiger partial charge >= 0.3 is 0 Å². The molecule has 2 aromatic rings. The first-order chi connectivity index (χ1) is 6.65. The predicted octanol–water partition coefficient (Wildman–Crippen LogP) is 1.72. The molecule has 2 aromatic heterocycles. The second-order valence-corrected chi connectivity index (χ2v) is 3.37. The van der Waals surface area contributed by atoms with Crippen LogP contribution in [0.5, 0.6) is 0 Å². The lowest BCUT2D eigenvalue weighted by Crippen LogP contribution is -1.92. The molecule has 0 spiro atoms. The maximum atomic E-state index is 5.78. The lowest BCUT2D eigenvalue weighted by molar-refractivity contribution is 0.770. The van der Waals surface area contributed by atoms with Gasteiger partial charge in [0.15, 0.2) is 0 Å². The van der Waals surface area contributed by atoms with Gasteiger partial charge in [-0.3, -0.25) is 4.68 Å². The van der Waals surface area contributed by atoms with E-state index in [2.05, 4.69) is 10.1 Å². The Kier molecular flexibility index (Phi) is 2.13. The lowest BCUT2D eigenvalue weighted by Gasteiger charge is -1.99. The van der Waals surface area contributed by atoms with Crippen molar-refractivity contribution in [2.75, 3.05) is 5.73 Å². The summed E-state index contributed by atoms with van der Waals surface area (Å²) < 4.78 is 1.70. The molecular weight excluding hydrogens is 200 g/mol. The summed E-state index contributed by atoms with van der Waals surface area (Å²) in [5.41, 5.74) is 7.69. The molecule has 2 rings (SSSR count). The first-order valence-electron chi connectivity index (χ1n) is 4.08. The number of nitrogens with two attached hydrogens (primary N) is 1. The van der Waals surface area contributed by atoms with Crippen LogP contribution < -0.4 is 5.73 Å². The van der Waals surface area contributed by atoms with Crippen molar-refractivity contribution >= 4 is 17.3 Å². The number of hydrogen-bond acceptors (Lipinski definition) is 3. The summed E-state index contributed by atoms with van der Waals surface area (Å²) in [6.07, 6.45) is 1.84. The highest BCUT2D eigenvalue weighted by molar-refractivity contribution is 6.29. The van der Waals surface area contributed by atoms with E-state index in [1.807, 2.05) is 19.3 Å². The van der Waals surface area contributed by atoms with Crippen LogP contribution in [0.3, 0.4) is 0 Å². The minimum atomic E-state index is 0.380. The van der Waals surface area contributed by atoms with Gasteiger partial charge in [-0.25, -0.2) is 4.98 Å². The molecule has 14 heavy (non-hydrogen) atoms. The first kappa shape index (κ1) is 9.02. The van der Waals surface area contributed by atoms with Gasteiger partial charge in [0.25, 0.3) is 0 Å². The van der Waals surface area contributed by atoms with E-state index in [1.54, 1.807) is 16.8 Å². The Hall–Kier alpha value is -1.55. The van der Waals surface area contributed by atoms with Gasteiger partial charge in [-0.1, -0.05) is 11.6 Å². The number of rotatable bonds is 1. The van der Waals surface area contributed by atoms with Crippen molar-refractivity contribution in [3.63, 3.8) is 0 Å². The van der Waals surface area contributed by atoms with E-state index < -0.39 is 0 Å².